The van der Waals surface area contributed by atoms with Crippen LogP contribution in [0.2, 0.25) is 0 Å². The number of carboxylic acids is 1. The molecule has 0 aliphatic rings. The van der Waals surface area contributed by atoms with Crippen LogP contribution in [0, 0.1) is 11.3 Å². The van der Waals surface area contributed by atoms with Crippen LogP contribution >= 0.6 is 0 Å². The lowest BCUT2D eigenvalue weighted by Crippen LogP contribution is -2.01. The highest BCUT2D eigenvalue weighted by Gasteiger charge is 2.17. The number of rotatable bonds is 8. The minimum atomic E-state index is -1.13. The maximum absolute atomic E-state index is 10.8. The Labute approximate surface area is 135 Å². The number of furan rings is 1. The van der Waals surface area contributed by atoms with Crippen LogP contribution in [-0.2, 0) is 6.42 Å². The zero-order valence-corrected chi connectivity index (χ0v) is 13.0. The van der Waals surface area contributed by atoms with Crippen LogP contribution in [0.25, 0.3) is 0 Å². The van der Waals surface area contributed by atoms with Crippen LogP contribution < -0.4 is 4.74 Å². The number of ether oxygens (including phenoxy) is 1. The minimum absolute atomic E-state index is 0.146. The maximum Gasteiger partial charge on any atom is 0.371 e. The monoisotopic (exact) mass is 313 g/mol. The van der Waals surface area contributed by atoms with Gasteiger partial charge in [0.2, 0.25) is 5.76 Å². The van der Waals surface area contributed by atoms with Crippen LogP contribution in [0.3, 0.4) is 0 Å². The average Bonchev–Trinajstić information content (AvgIpc) is 3.05. The fourth-order valence-electron chi connectivity index (χ4n) is 2.22. The Hall–Kier alpha value is -2.74. The minimum Gasteiger partial charge on any atom is -0.494 e. The van der Waals surface area contributed by atoms with Crippen molar-refractivity contribution < 1.29 is 19.1 Å². The molecule has 1 aromatic carbocycles. The molecule has 0 fully saturated rings. The summed E-state index contributed by atoms with van der Waals surface area (Å²) in [6.07, 6.45) is 2.22. The van der Waals surface area contributed by atoms with E-state index >= 15 is 0 Å². The highest BCUT2D eigenvalue weighted by Crippen LogP contribution is 2.23. The number of hydrogen-bond donors (Lipinski definition) is 1. The first-order valence-corrected chi connectivity index (χ1v) is 7.58. The van der Waals surface area contributed by atoms with E-state index in [1.165, 1.54) is 11.6 Å². The van der Waals surface area contributed by atoms with Crippen molar-refractivity contribution in [3.8, 4) is 11.8 Å². The molecule has 5 nitrogen and oxygen atoms in total. The Morgan fingerprint density at radius 3 is 2.61 bits per heavy atom. The van der Waals surface area contributed by atoms with Gasteiger partial charge in [-0.15, -0.1) is 0 Å². The second-order valence-corrected chi connectivity index (χ2v) is 5.18. The predicted octanol–water partition coefficient (Wildman–Crippen LogP) is 4.01. The number of nitrogens with zero attached hydrogens (tertiary/aromatic N) is 1. The fourth-order valence-corrected chi connectivity index (χ4v) is 2.22. The van der Waals surface area contributed by atoms with Crippen molar-refractivity contribution in [2.24, 2.45) is 0 Å². The molecule has 1 atom stereocenters. The summed E-state index contributed by atoms with van der Waals surface area (Å²) in [6, 6.07) is 13.0. The molecule has 0 aliphatic heterocycles. The standard InChI is InChI=1S/C18H19NO4/c1-2-13-5-7-15(8-6-13)22-11-3-4-14(12-19)16-9-10-17(23-16)18(20)21/h5-10,14H,2-4,11H2,1H3,(H,20,21). The molecule has 0 spiro atoms. The third-order valence-corrected chi connectivity index (χ3v) is 3.57. The Balaban J connectivity index is 1.81. The number of nitriles is 1. The normalized spacial score (nSPS) is 11.7. The lowest BCUT2D eigenvalue weighted by Gasteiger charge is -2.08. The molecule has 0 radical (unpaired) electrons. The Bertz CT molecular complexity index is 682. The van der Waals surface area contributed by atoms with Crippen molar-refractivity contribution >= 4 is 5.97 Å². The van der Waals surface area contributed by atoms with Gasteiger partial charge in [-0.3, -0.25) is 0 Å². The quantitative estimate of drug-likeness (QED) is 0.744. The van der Waals surface area contributed by atoms with Gasteiger partial charge in [-0.05, 0) is 49.1 Å². The van der Waals surface area contributed by atoms with Gasteiger partial charge in [-0.2, -0.15) is 5.26 Å². The van der Waals surface area contributed by atoms with E-state index in [9.17, 15) is 10.1 Å². The highest BCUT2D eigenvalue weighted by atomic mass is 16.5. The molecule has 120 valence electrons. The van der Waals surface area contributed by atoms with Crippen molar-refractivity contribution in [1.82, 2.24) is 0 Å². The van der Waals surface area contributed by atoms with Gasteiger partial charge < -0.3 is 14.3 Å². The summed E-state index contributed by atoms with van der Waals surface area (Å²) in [5, 5.41) is 18.0. The van der Waals surface area contributed by atoms with Gasteiger partial charge in [0.05, 0.1) is 12.7 Å². The maximum atomic E-state index is 10.8. The second-order valence-electron chi connectivity index (χ2n) is 5.18. The Kier molecular flexibility index (Phi) is 5.81. The van der Waals surface area contributed by atoms with Gasteiger partial charge in [0, 0.05) is 0 Å². The largest absolute Gasteiger partial charge is 0.494 e. The Morgan fingerprint density at radius 1 is 1.30 bits per heavy atom. The Morgan fingerprint density at radius 2 is 2.04 bits per heavy atom. The summed E-state index contributed by atoms with van der Waals surface area (Å²) in [6.45, 7) is 2.60. The molecule has 1 heterocycles. The van der Waals surface area contributed by atoms with Gasteiger partial charge in [0.25, 0.3) is 0 Å². The molecular weight excluding hydrogens is 294 g/mol. The number of aromatic carboxylic acids is 1. The third-order valence-electron chi connectivity index (χ3n) is 3.57. The molecule has 1 aromatic heterocycles. The van der Waals surface area contributed by atoms with Crippen LogP contribution in [0.4, 0.5) is 0 Å². The summed E-state index contributed by atoms with van der Waals surface area (Å²) < 4.78 is 10.8. The van der Waals surface area contributed by atoms with E-state index in [-0.39, 0.29) is 5.76 Å². The summed E-state index contributed by atoms with van der Waals surface area (Å²) in [5.74, 6) is -0.549. The predicted molar refractivity (Wildman–Crippen MR) is 84.6 cm³/mol. The van der Waals surface area contributed by atoms with Gasteiger partial charge in [-0.25, -0.2) is 4.79 Å². The number of hydrogen-bond acceptors (Lipinski definition) is 4. The topological polar surface area (TPSA) is 83.5 Å². The average molecular weight is 313 g/mol. The van der Waals surface area contributed by atoms with E-state index in [1.54, 1.807) is 6.07 Å². The van der Waals surface area contributed by atoms with Gasteiger partial charge in [-0.1, -0.05) is 19.1 Å². The zero-order chi connectivity index (χ0) is 16.7. The third kappa shape index (κ3) is 4.62. The molecule has 0 saturated carbocycles. The fraction of sp³-hybridized carbons (Fsp3) is 0.333. The number of carbonyl (C=O) groups is 1. The lowest BCUT2D eigenvalue weighted by atomic mass is 10.0. The van der Waals surface area contributed by atoms with Crippen molar-refractivity contribution in [2.75, 3.05) is 6.61 Å². The molecule has 2 rings (SSSR count). The van der Waals surface area contributed by atoms with Gasteiger partial charge in [0.15, 0.2) is 0 Å². The first kappa shape index (κ1) is 16.6. The molecule has 2 aromatic rings. The summed E-state index contributed by atoms with van der Waals surface area (Å²) in [4.78, 5) is 10.8. The SMILES string of the molecule is CCc1ccc(OCCCC(C#N)c2ccc(C(=O)O)o2)cc1. The van der Waals surface area contributed by atoms with Crippen LogP contribution in [0.1, 0.15) is 47.6 Å². The molecule has 1 unspecified atom stereocenters. The van der Waals surface area contributed by atoms with E-state index in [0.717, 1.165) is 12.2 Å². The summed E-state index contributed by atoms with van der Waals surface area (Å²) in [7, 11) is 0. The molecule has 23 heavy (non-hydrogen) atoms. The van der Waals surface area contributed by atoms with E-state index < -0.39 is 11.9 Å². The highest BCUT2D eigenvalue weighted by molar-refractivity contribution is 5.84. The van der Waals surface area contributed by atoms with Crippen molar-refractivity contribution in [3.63, 3.8) is 0 Å². The molecular formula is C18H19NO4. The van der Waals surface area contributed by atoms with Gasteiger partial charge in [0.1, 0.15) is 17.4 Å². The molecule has 1 N–H and O–H groups in total. The van der Waals surface area contributed by atoms with E-state index in [4.69, 9.17) is 14.3 Å². The number of aryl methyl sites for hydroxylation is 1. The summed E-state index contributed by atoms with van der Waals surface area (Å²) in [5.41, 5.74) is 1.26. The molecule has 0 aliphatic carbocycles. The summed E-state index contributed by atoms with van der Waals surface area (Å²) >= 11 is 0. The van der Waals surface area contributed by atoms with E-state index in [2.05, 4.69) is 13.0 Å². The van der Waals surface area contributed by atoms with E-state index in [1.807, 2.05) is 24.3 Å². The molecule has 0 bridgehead atoms. The van der Waals surface area contributed by atoms with E-state index in [0.29, 0.717) is 25.2 Å². The first-order valence-electron chi connectivity index (χ1n) is 7.58. The lowest BCUT2D eigenvalue weighted by molar-refractivity contribution is 0.0660. The number of benzene rings is 1. The van der Waals surface area contributed by atoms with Crippen molar-refractivity contribution in [2.45, 2.75) is 32.1 Å². The molecule has 0 saturated heterocycles. The smallest absolute Gasteiger partial charge is 0.371 e. The van der Waals surface area contributed by atoms with Crippen LogP contribution in [0.15, 0.2) is 40.8 Å². The van der Waals surface area contributed by atoms with Crippen LogP contribution in [0.5, 0.6) is 5.75 Å². The number of carboxylic acid groups (broad SMARTS) is 1. The van der Waals surface area contributed by atoms with Gasteiger partial charge >= 0.3 is 5.97 Å². The zero-order valence-electron chi connectivity index (χ0n) is 13.0. The second kappa shape index (κ2) is 8.04. The van der Waals surface area contributed by atoms with Crippen molar-refractivity contribution in [3.05, 3.63) is 53.5 Å². The molecule has 5 heteroatoms. The molecule has 0 amide bonds. The van der Waals surface area contributed by atoms with Crippen LogP contribution in [-0.4, -0.2) is 17.7 Å². The van der Waals surface area contributed by atoms with Crippen molar-refractivity contribution in [1.29, 1.82) is 5.26 Å². The first-order chi connectivity index (χ1) is 11.1.